The zero-order valence-corrected chi connectivity index (χ0v) is 28.0. The first-order chi connectivity index (χ1) is 25.8. The summed E-state index contributed by atoms with van der Waals surface area (Å²) in [6.45, 7) is 0. The molecule has 4 heterocycles. The van der Waals surface area contributed by atoms with Gasteiger partial charge in [0.25, 0.3) is 0 Å². The zero-order chi connectivity index (χ0) is 33.9. The summed E-state index contributed by atoms with van der Waals surface area (Å²) in [5.41, 5.74) is 12.2. The van der Waals surface area contributed by atoms with Crippen molar-refractivity contribution in [3.63, 3.8) is 0 Å². The summed E-state index contributed by atoms with van der Waals surface area (Å²) in [6, 6.07) is 63.5. The van der Waals surface area contributed by atoms with Crippen molar-refractivity contribution in [1.29, 1.82) is 0 Å². The molecule has 4 heteroatoms. The van der Waals surface area contributed by atoms with Gasteiger partial charge >= 0.3 is 0 Å². The number of benzene rings is 8. The summed E-state index contributed by atoms with van der Waals surface area (Å²) in [4.78, 5) is 0. The number of para-hydroxylation sites is 6. The lowest BCUT2D eigenvalue weighted by atomic mass is 10.1. The van der Waals surface area contributed by atoms with Crippen molar-refractivity contribution in [2.24, 2.45) is 0 Å². The molecule has 0 aliphatic rings. The van der Waals surface area contributed by atoms with Gasteiger partial charge in [0.2, 0.25) is 0 Å². The molecule has 0 radical (unpaired) electrons. The molecule has 0 fully saturated rings. The Morgan fingerprint density at radius 2 is 0.788 bits per heavy atom. The third-order valence-corrected chi connectivity index (χ3v) is 11.0. The largest absolute Gasteiger partial charge is 0.455 e. The Labute approximate surface area is 297 Å². The van der Waals surface area contributed by atoms with Crippen LogP contribution < -0.4 is 0 Å². The SMILES string of the molecule is c1ccc2c(c1)oc1c2ccc2c1c1cccc(-n3c4ccccc4c4ccccc43)c1n2-c1ccc(-n2c3ccccc3c3ccccc32)cc1. The van der Waals surface area contributed by atoms with Crippen molar-refractivity contribution in [2.75, 3.05) is 0 Å². The molecular formula is C48H29N3O. The molecule has 0 aliphatic heterocycles. The Bertz CT molecular complexity index is 3300. The summed E-state index contributed by atoms with van der Waals surface area (Å²) in [5.74, 6) is 0. The van der Waals surface area contributed by atoms with Crippen LogP contribution in [0.3, 0.4) is 0 Å². The lowest BCUT2D eigenvalue weighted by Gasteiger charge is -2.15. The Kier molecular flexibility index (Phi) is 5.47. The van der Waals surface area contributed by atoms with Gasteiger partial charge in [0, 0.05) is 49.1 Å². The van der Waals surface area contributed by atoms with Crippen LogP contribution in [-0.4, -0.2) is 13.7 Å². The molecule has 0 amide bonds. The highest BCUT2D eigenvalue weighted by atomic mass is 16.3. The number of hydrogen-bond acceptors (Lipinski definition) is 1. The maximum absolute atomic E-state index is 6.72. The highest BCUT2D eigenvalue weighted by Crippen LogP contribution is 2.44. The molecule has 0 spiro atoms. The maximum atomic E-state index is 6.72. The second kappa shape index (κ2) is 10.3. The fourth-order valence-corrected chi connectivity index (χ4v) is 8.90. The highest BCUT2D eigenvalue weighted by Gasteiger charge is 2.23. The van der Waals surface area contributed by atoms with E-state index in [0.29, 0.717) is 0 Å². The van der Waals surface area contributed by atoms with E-state index in [4.69, 9.17) is 4.42 Å². The third kappa shape index (κ3) is 3.60. The Balaban J connectivity index is 1.19. The average molecular weight is 664 g/mol. The second-order valence-electron chi connectivity index (χ2n) is 13.7. The predicted molar refractivity (Wildman–Crippen MR) is 217 cm³/mol. The van der Waals surface area contributed by atoms with Gasteiger partial charge in [-0.1, -0.05) is 103 Å². The molecule has 4 nitrogen and oxygen atoms in total. The monoisotopic (exact) mass is 663 g/mol. The van der Waals surface area contributed by atoms with E-state index < -0.39 is 0 Å². The first kappa shape index (κ1) is 27.7. The van der Waals surface area contributed by atoms with Gasteiger partial charge in [-0.05, 0) is 72.8 Å². The minimum absolute atomic E-state index is 0.903. The molecule has 12 aromatic rings. The molecule has 4 aromatic heterocycles. The Morgan fingerprint density at radius 3 is 1.38 bits per heavy atom. The standard InChI is InChI=1S/C48H29N3O/c1-6-18-39-32(12-1)33-13-2-7-19-40(33)49(39)30-24-26-31(27-25-30)50-43-29-28-37-36-16-5-10-23-45(36)52-48(37)46(43)38-17-11-22-44(47(38)50)51-41-20-8-3-14-34(41)35-15-4-9-21-42(35)51/h1-29H. The van der Waals surface area contributed by atoms with Crippen LogP contribution in [0.15, 0.2) is 180 Å². The number of fused-ring (bicyclic) bond motifs is 13. The summed E-state index contributed by atoms with van der Waals surface area (Å²) >= 11 is 0. The second-order valence-corrected chi connectivity index (χ2v) is 13.7. The normalized spacial score (nSPS) is 12.2. The summed E-state index contributed by atoms with van der Waals surface area (Å²) < 4.78 is 14.0. The summed E-state index contributed by atoms with van der Waals surface area (Å²) in [6.07, 6.45) is 0. The fraction of sp³-hybridized carbons (Fsp3) is 0. The van der Waals surface area contributed by atoms with E-state index in [1.54, 1.807) is 0 Å². The van der Waals surface area contributed by atoms with Crippen LogP contribution in [0.2, 0.25) is 0 Å². The number of aromatic nitrogens is 3. The van der Waals surface area contributed by atoms with Gasteiger partial charge in [-0.3, -0.25) is 0 Å². The van der Waals surface area contributed by atoms with Gasteiger partial charge in [-0.25, -0.2) is 0 Å². The van der Waals surface area contributed by atoms with Crippen LogP contribution >= 0.6 is 0 Å². The van der Waals surface area contributed by atoms with E-state index in [-0.39, 0.29) is 0 Å². The lowest BCUT2D eigenvalue weighted by Crippen LogP contribution is -2.01. The van der Waals surface area contributed by atoms with E-state index in [0.717, 1.165) is 60.8 Å². The first-order valence-corrected chi connectivity index (χ1v) is 17.8. The van der Waals surface area contributed by atoms with Crippen molar-refractivity contribution >= 4 is 87.4 Å². The van der Waals surface area contributed by atoms with Gasteiger partial charge in [0.1, 0.15) is 11.2 Å². The van der Waals surface area contributed by atoms with E-state index in [1.807, 2.05) is 6.07 Å². The van der Waals surface area contributed by atoms with E-state index in [9.17, 15) is 0 Å². The molecule has 0 aliphatic carbocycles. The van der Waals surface area contributed by atoms with Gasteiger partial charge in [-0.15, -0.1) is 0 Å². The van der Waals surface area contributed by atoms with Crippen LogP contribution in [-0.2, 0) is 0 Å². The molecular weight excluding hydrogens is 635 g/mol. The van der Waals surface area contributed by atoms with Crippen molar-refractivity contribution in [2.45, 2.75) is 0 Å². The van der Waals surface area contributed by atoms with Gasteiger partial charge < -0.3 is 18.1 Å². The fourth-order valence-electron chi connectivity index (χ4n) is 8.90. The van der Waals surface area contributed by atoms with E-state index >= 15 is 0 Å². The molecule has 0 bridgehead atoms. The quantitative estimate of drug-likeness (QED) is 0.185. The third-order valence-electron chi connectivity index (χ3n) is 11.0. The van der Waals surface area contributed by atoms with Gasteiger partial charge in [-0.2, -0.15) is 0 Å². The zero-order valence-electron chi connectivity index (χ0n) is 28.0. The molecule has 8 aromatic carbocycles. The van der Waals surface area contributed by atoms with Crippen LogP contribution in [0.25, 0.3) is 104 Å². The predicted octanol–water partition coefficient (Wildman–Crippen LogP) is 12.9. The van der Waals surface area contributed by atoms with Crippen LogP contribution in [0, 0.1) is 0 Å². The van der Waals surface area contributed by atoms with E-state index in [1.165, 1.54) is 43.6 Å². The summed E-state index contributed by atoms with van der Waals surface area (Å²) in [5, 5.41) is 9.55. The number of rotatable bonds is 3. The topological polar surface area (TPSA) is 27.9 Å². The van der Waals surface area contributed by atoms with Gasteiger partial charge in [0.15, 0.2) is 0 Å². The van der Waals surface area contributed by atoms with Crippen LogP contribution in [0.5, 0.6) is 0 Å². The minimum Gasteiger partial charge on any atom is -0.455 e. The number of hydrogen-bond donors (Lipinski definition) is 0. The minimum atomic E-state index is 0.903. The molecule has 12 rings (SSSR count). The van der Waals surface area contributed by atoms with Crippen LogP contribution in [0.1, 0.15) is 0 Å². The molecule has 52 heavy (non-hydrogen) atoms. The molecule has 0 unspecified atom stereocenters. The molecule has 0 saturated heterocycles. The van der Waals surface area contributed by atoms with Crippen LogP contribution in [0.4, 0.5) is 0 Å². The number of furan rings is 1. The summed E-state index contributed by atoms with van der Waals surface area (Å²) in [7, 11) is 0. The smallest absolute Gasteiger partial charge is 0.145 e. The Morgan fingerprint density at radius 1 is 0.308 bits per heavy atom. The number of nitrogens with zero attached hydrogens (tertiary/aromatic N) is 3. The molecule has 0 saturated carbocycles. The Hall–Kier alpha value is -7.04. The maximum Gasteiger partial charge on any atom is 0.145 e. The molecule has 242 valence electrons. The van der Waals surface area contributed by atoms with Crippen molar-refractivity contribution in [3.05, 3.63) is 176 Å². The lowest BCUT2D eigenvalue weighted by molar-refractivity contribution is 0.673. The van der Waals surface area contributed by atoms with Crippen molar-refractivity contribution in [3.8, 4) is 17.1 Å². The van der Waals surface area contributed by atoms with Gasteiger partial charge in [0.05, 0.1) is 44.2 Å². The van der Waals surface area contributed by atoms with Crippen molar-refractivity contribution < 1.29 is 4.42 Å². The highest BCUT2D eigenvalue weighted by molar-refractivity contribution is 6.25. The van der Waals surface area contributed by atoms with Crippen molar-refractivity contribution in [1.82, 2.24) is 13.7 Å². The van der Waals surface area contributed by atoms with E-state index in [2.05, 4.69) is 184 Å². The molecule has 0 atom stereocenters. The molecule has 0 N–H and O–H groups in total. The average Bonchev–Trinajstić information content (AvgIpc) is 3.94. The first-order valence-electron chi connectivity index (χ1n) is 17.8.